The van der Waals surface area contributed by atoms with Crippen molar-refractivity contribution in [2.24, 2.45) is 0 Å². The number of nitrogens with one attached hydrogen (secondary N) is 1. The molecule has 0 unspecified atom stereocenters. The van der Waals surface area contributed by atoms with Gasteiger partial charge in [0.2, 0.25) is 5.91 Å². The van der Waals surface area contributed by atoms with E-state index in [2.05, 4.69) is 10.3 Å². The van der Waals surface area contributed by atoms with Gasteiger partial charge < -0.3 is 19.7 Å². The SMILES string of the molecule is COc1cc(NC(C)=O)cc(Oc2ccnc3ccc(C(=O)N(C)C)cc23)c1. The van der Waals surface area contributed by atoms with Gasteiger partial charge in [-0.1, -0.05) is 0 Å². The molecule has 0 aliphatic carbocycles. The fourth-order valence-corrected chi connectivity index (χ4v) is 2.75. The summed E-state index contributed by atoms with van der Waals surface area (Å²) in [6, 6.07) is 12.1. The molecule has 3 rings (SSSR count). The number of pyridine rings is 1. The number of carbonyl (C=O) groups excluding carboxylic acids is 2. The van der Waals surface area contributed by atoms with Crippen LogP contribution >= 0.6 is 0 Å². The zero-order valence-corrected chi connectivity index (χ0v) is 16.1. The number of anilines is 1. The molecule has 0 fully saturated rings. The van der Waals surface area contributed by atoms with Crippen molar-refractivity contribution in [2.45, 2.75) is 6.92 Å². The molecule has 7 heteroatoms. The third-order valence-corrected chi connectivity index (χ3v) is 4.02. The van der Waals surface area contributed by atoms with E-state index in [1.54, 1.807) is 62.8 Å². The summed E-state index contributed by atoms with van der Waals surface area (Å²) < 4.78 is 11.3. The maximum atomic E-state index is 12.3. The molecule has 0 bridgehead atoms. The number of amides is 2. The number of rotatable bonds is 5. The molecule has 0 atom stereocenters. The smallest absolute Gasteiger partial charge is 0.253 e. The molecular weight excluding hydrogens is 358 g/mol. The average molecular weight is 379 g/mol. The molecule has 1 N–H and O–H groups in total. The van der Waals surface area contributed by atoms with Crippen molar-refractivity contribution in [1.82, 2.24) is 9.88 Å². The van der Waals surface area contributed by atoms with E-state index in [-0.39, 0.29) is 11.8 Å². The second kappa shape index (κ2) is 7.96. The Balaban J connectivity index is 2.03. The molecule has 28 heavy (non-hydrogen) atoms. The minimum absolute atomic E-state index is 0.106. The standard InChI is InChI=1S/C21H21N3O4/c1-13(25)23-15-10-16(27-4)12-17(11-15)28-20-7-8-22-19-6-5-14(9-18(19)20)21(26)24(2)3/h5-12H,1-4H3,(H,23,25). The number of methoxy groups -OCH3 is 1. The third-order valence-electron chi connectivity index (χ3n) is 4.02. The second-order valence-corrected chi connectivity index (χ2v) is 6.42. The van der Waals surface area contributed by atoms with Gasteiger partial charge in [0.25, 0.3) is 5.91 Å². The van der Waals surface area contributed by atoms with Crippen LogP contribution in [0.2, 0.25) is 0 Å². The lowest BCUT2D eigenvalue weighted by molar-refractivity contribution is -0.114. The minimum Gasteiger partial charge on any atom is -0.497 e. The molecule has 0 spiro atoms. The van der Waals surface area contributed by atoms with Crippen LogP contribution in [0.25, 0.3) is 10.9 Å². The fourth-order valence-electron chi connectivity index (χ4n) is 2.75. The summed E-state index contributed by atoms with van der Waals surface area (Å²) in [4.78, 5) is 29.5. The number of hydrogen-bond acceptors (Lipinski definition) is 5. The minimum atomic E-state index is -0.194. The number of nitrogens with zero attached hydrogens (tertiary/aromatic N) is 2. The summed E-state index contributed by atoms with van der Waals surface area (Å²) in [5.41, 5.74) is 1.81. The van der Waals surface area contributed by atoms with Crippen LogP contribution in [0, 0.1) is 0 Å². The predicted molar refractivity (Wildman–Crippen MR) is 107 cm³/mol. The Morgan fingerprint density at radius 3 is 2.46 bits per heavy atom. The monoisotopic (exact) mass is 379 g/mol. The maximum absolute atomic E-state index is 12.3. The van der Waals surface area contributed by atoms with Crippen molar-refractivity contribution in [3.63, 3.8) is 0 Å². The first-order valence-electron chi connectivity index (χ1n) is 8.62. The van der Waals surface area contributed by atoms with Crippen LogP contribution in [-0.2, 0) is 4.79 Å². The van der Waals surface area contributed by atoms with E-state index in [4.69, 9.17) is 9.47 Å². The highest BCUT2D eigenvalue weighted by molar-refractivity contribution is 5.99. The molecule has 144 valence electrons. The number of benzene rings is 2. The summed E-state index contributed by atoms with van der Waals surface area (Å²) in [7, 11) is 4.94. The van der Waals surface area contributed by atoms with Crippen LogP contribution < -0.4 is 14.8 Å². The summed E-state index contributed by atoms with van der Waals surface area (Å²) in [6.45, 7) is 1.43. The van der Waals surface area contributed by atoms with Crippen LogP contribution in [0.3, 0.4) is 0 Å². The van der Waals surface area contributed by atoms with E-state index in [1.165, 1.54) is 18.9 Å². The van der Waals surface area contributed by atoms with Crippen LogP contribution in [0.4, 0.5) is 5.69 Å². The first-order chi connectivity index (χ1) is 13.4. The van der Waals surface area contributed by atoms with Crippen LogP contribution in [-0.4, -0.2) is 42.9 Å². The summed E-state index contributed by atoms with van der Waals surface area (Å²) in [6.07, 6.45) is 1.64. The fraction of sp³-hybridized carbons (Fsp3) is 0.190. The molecule has 3 aromatic rings. The van der Waals surface area contributed by atoms with E-state index in [1.807, 2.05) is 0 Å². The second-order valence-electron chi connectivity index (χ2n) is 6.42. The van der Waals surface area contributed by atoms with Crippen LogP contribution in [0.5, 0.6) is 17.2 Å². The number of aromatic nitrogens is 1. The van der Waals surface area contributed by atoms with Crippen molar-refractivity contribution in [1.29, 1.82) is 0 Å². The van der Waals surface area contributed by atoms with Gasteiger partial charge in [-0.25, -0.2) is 0 Å². The maximum Gasteiger partial charge on any atom is 0.253 e. The normalized spacial score (nSPS) is 10.4. The van der Waals surface area contributed by atoms with Crippen molar-refractivity contribution in [3.8, 4) is 17.2 Å². The molecule has 2 amide bonds. The topological polar surface area (TPSA) is 80.8 Å². The zero-order valence-electron chi connectivity index (χ0n) is 16.1. The van der Waals surface area contributed by atoms with E-state index >= 15 is 0 Å². The van der Waals surface area contributed by atoms with Gasteiger partial charge in [-0.15, -0.1) is 0 Å². The Morgan fingerprint density at radius 2 is 1.79 bits per heavy atom. The Morgan fingerprint density at radius 1 is 1.04 bits per heavy atom. The Bertz CT molecular complexity index is 1050. The van der Waals surface area contributed by atoms with Gasteiger partial charge in [-0.3, -0.25) is 14.6 Å². The molecule has 7 nitrogen and oxygen atoms in total. The number of carbonyl (C=O) groups is 2. The lowest BCUT2D eigenvalue weighted by atomic mass is 10.1. The van der Waals surface area contributed by atoms with Gasteiger partial charge in [0, 0.05) is 62.1 Å². The number of ether oxygens (including phenoxy) is 2. The van der Waals surface area contributed by atoms with Gasteiger partial charge in [-0.2, -0.15) is 0 Å². The molecule has 0 saturated heterocycles. The predicted octanol–water partition coefficient (Wildman–Crippen LogP) is 3.70. The van der Waals surface area contributed by atoms with E-state index in [0.717, 1.165) is 0 Å². The van der Waals surface area contributed by atoms with Gasteiger partial charge in [0.05, 0.1) is 12.6 Å². The third kappa shape index (κ3) is 4.20. The van der Waals surface area contributed by atoms with E-state index < -0.39 is 0 Å². The van der Waals surface area contributed by atoms with Crippen molar-refractivity contribution in [3.05, 3.63) is 54.2 Å². The Labute approximate surface area is 162 Å². The van der Waals surface area contributed by atoms with Crippen molar-refractivity contribution < 1.29 is 19.1 Å². The molecule has 2 aromatic carbocycles. The first-order valence-corrected chi connectivity index (χ1v) is 8.62. The molecule has 0 radical (unpaired) electrons. The summed E-state index contributed by atoms with van der Waals surface area (Å²) in [5.74, 6) is 1.27. The Kier molecular flexibility index (Phi) is 5.44. The van der Waals surface area contributed by atoms with E-state index in [9.17, 15) is 9.59 Å². The lowest BCUT2D eigenvalue weighted by Crippen LogP contribution is -2.21. The molecule has 0 aliphatic rings. The quantitative estimate of drug-likeness (QED) is 0.731. The molecule has 1 aromatic heterocycles. The first kappa shape index (κ1) is 19.2. The highest BCUT2D eigenvalue weighted by Crippen LogP contribution is 2.33. The molecule has 1 heterocycles. The van der Waals surface area contributed by atoms with Crippen molar-refractivity contribution >= 4 is 28.4 Å². The molecular formula is C21H21N3O4. The summed E-state index contributed by atoms with van der Waals surface area (Å²) in [5, 5.41) is 3.43. The molecule has 0 saturated carbocycles. The molecule has 0 aliphatic heterocycles. The highest BCUT2D eigenvalue weighted by atomic mass is 16.5. The summed E-state index contributed by atoms with van der Waals surface area (Å²) >= 11 is 0. The van der Waals surface area contributed by atoms with Gasteiger partial charge in [-0.05, 0) is 24.3 Å². The van der Waals surface area contributed by atoms with Crippen LogP contribution in [0.15, 0.2) is 48.7 Å². The Hall–Kier alpha value is -3.61. The average Bonchev–Trinajstić information content (AvgIpc) is 2.66. The van der Waals surface area contributed by atoms with Gasteiger partial charge in [0.15, 0.2) is 0 Å². The number of fused-ring (bicyclic) bond motifs is 1. The van der Waals surface area contributed by atoms with Crippen LogP contribution in [0.1, 0.15) is 17.3 Å². The highest BCUT2D eigenvalue weighted by Gasteiger charge is 2.12. The van der Waals surface area contributed by atoms with Gasteiger partial charge in [0.1, 0.15) is 17.2 Å². The zero-order chi connectivity index (χ0) is 20.3. The van der Waals surface area contributed by atoms with Gasteiger partial charge >= 0.3 is 0 Å². The van der Waals surface area contributed by atoms with Crippen molar-refractivity contribution in [2.75, 3.05) is 26.5 Å². The van der Waals surface area contributed by atoms with E-state index in [0.29, 0.717) is 39.4 Å². The number of hydrogen-bond donors (Lipinski definition) is 1. The lowest BCUT2D eigenvalue weighted by Gasteiger charge is -2.14. The largest absolute Gasteiger partial charge is 0.497 e.